The maximum Gasteiger partial charge on any atom is 0.241 e. The molecule has 1 aliphatic rings. The number of thiol groups is 1. The molecule has 0 fully saturated rings. The average Bonchev–Trinajstić information content (AvgIpc) is 3.10. The van der Waals surface area contributed by atoms with Gasteiger partial charge in [0.05, 0.1) is 17.8 Å². The van der Waals surface area contributed by atoms with Gasteiger partial charge in [0.2, 0.25) is 5.91 Å². The summed E-state index contributed by atoms with van der Waals surface area (Å²) in [5.41, 5.74) is 8.02. The molecule has 0 saturated heterocycles. The number of carbonyl (C=O) groups is 1. The molecule has 1 aromatic heterocycles. The van der Waals surface area contributed by atoms with Gasteiger partial charge in [0.15, 0.2) is 0 Å². The van der Waals surface area contributed by atoms with E-state index in [1.54, 1.807) is 0 Å². The van der Waals surface area contributed by atoms with Gasteiger partial charge in [-0.15, -0.1) is 0 Å². The van der Waals surface area contributed by atoms with Gasteiger partial charge >= 0.3 is 0 Å². The molecule has 1 aliphatic heterocycles. The second-order valence-corrected chi connectivity index (χ2v) is 6.89. The van der Waals surface area contributed by atoms with Crippen molar-refractivity contribution in [2.45, 2.75) is 44.8 Å². The number of nitrogens with two attached hydrogens (primary N) is 1. The Morgan fingerprint density at radius 3 is 2.80 bits per heavy atom. The maximum absolute atomic E-state index is 12.7. The van der Waals surface area contributed by atoms with Crippen LogP contribution in [-0.2, 0) is 11.3 Å². The van der Waals surface area contributed by atoms with Gasteiger partial charge < -0.3 is 15.2 Å². The summed E-state index contributed by atoms with van der Waals surface area (Å²) in [4.78, 5) is 19.5. The first-order valence-electron chi connectivity index (χ1n) is 8.95. The molecule has 0 radical (unpaired) electrons. The topological polar surface area (TPSA) is 64.2 Å². The van der Waals surface area contributed by atoms with Crippen LogP contribution >= 0.6 is 12.6 Å². The number of hydrogen-bond acceptors (Lipinski definition) is 4. The van der Waals surface area contributed by atoms with E-state index in [9.17, 15) is 4.79 Å². The number of imidazole rings is 1. The SMILES string of the molecule is CCCC[C@H]1c2nc(-c3ccccc3)cn2CCN1C(=O)[C@@H](N)CS. The van der Waals surface area contributed by atoms with E-state index in [1.165, 1.54) is 0 Å². The molecule has 2 N–H and O–H groups in total. The smallest absolute Gasteiger partial charge is 0.241 e. The molecule has 2 atom stereocenters. The van der Waals surface area contributed by atoms with E-state index >= 15 is 0 Å². The van der Waals surface area contributed by atoms with Crippen LogP contribution in [0, 0.1) is 0 Å². The fraction of sp³-hybridized carbons (Fsp3) is 0.474. The highest BCUT2D eigenvalue weighted by molar-refractivity contribution is 7.80. The molecule has 0 bridgehead atoms. The molecule has 2 heterocycles. The summed E-state index contributed by atoms with van der Waals surface area (Å²) in [6, 6.07) is 9.60. The van der Waals surface area contributed by atoms with Crippen molar-refractivity contribution in [2.75, 3.05) is 12.3 Å². The van der Waals surface area contributed by atoms with E-state index in [2.05, 4.69) is 42.4 Å². The Balaban J connectivity index is 1.93. The van der Waals surface area contributed by atoms with E-state index in [1.807, 2.05) is 23.1 Å². The first-order valence-corrected chi connectivity index (χ1v) is 9.58. The zero-order chi connectivity index (χ0) is 17.8. The first kappa shape index (κ1) is 18.0. The average molecular weight is 359 g/mol. The Labute approximate surface area is 154 Å². The van der Waals surface area contributed by atoms with Crippen molar-refractivity contribution < 1.29 is 4.79 Å². The fourth-order valence-corrected chi connectivity index (χ4v) is 3.53. The number of carbonyl (C=O) groups excluding carboxylic acids is 1. The monoisotopic (exact) mass is 358 g/mol. The van der Waals surface area contributed by atoms with Crippen molar-refractivity contribution >= 4 is 18.5 Å². The van der Waals surface area contributed by atoms with Gasteiger partial charge in [-0.3, -0.25) is 4.79 Å². The summed E-state index contributed by atoms with van der Waals surface area (Å²) in [6.07, 6.45) is 5.15. The third kappa shape index (κ3) is 3.75. The van der Waals surface area contributed by atoms with Crippen LogP contribution in [0.25, 0.3) is 11.3 Å². The van der Waals surface area contributed by atoms with Crippen molar-refractivity contribution in [2.24, 2.45) is 5.73 Å². The molecule has 0 spiro atoms. The normalized spacial score (nSPS) is 18.0. The summed E-state index contributed by atoms with van der Waals surface area (Å²) in [5, 5.41) is 0. The van der Waals surface area contributed by atoms with Gasteiger partial charge in [-0.25, -0.2) is 4.98 Å². The van der Waals surface area contributed by atoms with Gasteiger partial charge in [-0.2, -0.15) is 12.6 Å². The van der Waals surface area contributed by atoms with Gasteiger partial charge in [-0.1, -0.05) is 50.1 Å². The van der Waals surface area contributed by atoms with Crippen molar-refractivity contribution in [3.63, 3.8) is 0 Å². The second-order valence-electron chi connectivity index (χ2n) is 6.52. The number of benzene rings is 1. The molecule has 0 unspecified atom stereocenters. The van der Waals surface area contributed by atoms with Crippen LogP contribution < -0.4 is 5.73 Å². The lowest BCUT2D eigenvalue weighted by molar-refractivity contribution is -0.136. The Morgan fingerprint density at radius 2 is 2.12 bits per heavy atom. The molecular weight excluding hydrogens is 332 g/mol. The van der Waals surface area contributed by atoms with E-state index in [4.69, 9.17) is 10.7 Å². The van der Waals surface area contributed by atoms with Gasteiger partial charge in [0, 0.05) is 30.6 Å². The standard InChI is InChI=1S/C19H26N4OS/c1-2-3-9-17-18-21-16(14-7-5-4-6-8-14)12-22(18)10-11-23(17)19(24)15(20)13-25/h4-8,12,15,17,25H,2-3,9-11,13,20H2,1H3/t15-,17-/m0/s1. The predicted octanol–water partition coefficient (Wildman–Crippen LogP) is 2.88. The summed E-state index contributed by atoms with van der Waals surface area (Å²) < 4.78 is 2.19. The quantitative estimate of drug-likeness (QED) is 0.781. The van der Waals surface area contributed by atoms with Gasteiger partial charge in [0.1, 0.15) is 5.82 Å². The van der Waals surface area contributed by atoms with Gasteiger partial charge in [-0.05, 0) is 6.42 Å². The third-order valence-electron chi connectivity index (χ3n) is 4.76. The highest BCUT2D eigenvalue weighted by Gasteiger charge is 2.34. The van der Waals surface area contributed by atoms with Crippen molar-refractivity contribution in [3.05, 3.63) is 42.4 Å². The molecule has 6 heteroatoms. The summed E-state index contributed by atoms with van der Waals surface area (Å²) in [6.45, 7) is 3.59. The number of unbranched alkanes of at least 4 members (excludes halogenated alkanes) is 1. The van der Waals surface area contributed by atoms with Crippen LogP contribution in [0.5, 0.6) is 0 Å². The molecule has 3 rings (SSSR count). The molecule has 0 aliphatic carbocycles. The highest BCUT2D eigenvalue weighted by atomic mass is 32.1. The molecular formula is C19H26N4OS. The number of hydrogen-bond donors (Lipinski definition) is 2. The van der Waals surface area contributed by atoms with Crippen LogP contribution in [0.15, 0.2) is 36.5 Å². The van der Waals surface area contributed by atoms with E-state index in [0.29, 0.717) is 12.3 Å². The van der Waals surface area contributed by atoms with Crippen LogP contribution in [-0.4, -0.2) is 38.7 Å². The first-order chi connectivity index (χ1) is 12.2. The maximum atomic E-state index is 12.7. The molecule has 134 valence electrons. The fourth-order valence-electron chi connectivity index (χ4n) is 3.37. The number of aromatic nitrogens is 2. The van der Waals surface area contributed by atoms with Crippen LogP contribution in [0.1, 0.15) is 38.1 Å². The number of nitrogens with zero attached hydrogens (tertiary/aromatic N) is 3. The lowest BCUT2D eigenvalue weighted by Gasteiger charge is -2.37. The van der Waals surface area contributed by atoms with Crippen LogP contribution in [0.2, 0.25) is 0 Å². The third-order valence-corrected chi connectivity index (χ3v) is 5.15. The molecule has 25 heavy (non-hydrogen) atoms. The van der Waals surface area contributed by atoms with Crippen molar-refractivity contribution in [1.82, 2.24) is 14.5 Å². The zero-order valence-electron chi connectivity index (χ0n) is 14.6. The Hall–Kier alpha value is -1.79. The minimum Gasteiger partial charge on any atom is -0.331 e. The van der Waals surface area contributed by atoms with E-state index in [-0.39, 0.29) is 11.9 Å². The lowest BCUT2D eigenvalue weighted by atomic mass is 10.0. The second kappa shape index (κ2) is 8.06. The number of rotatable bonds is 6. The number of fused-ring (bicyclic) bond motifs is 1. The van der Waals surface area contributed by atoms with Crippen molar-refractivity contribution in [3.8, 4) is 11.3 Å². The minimum atomic E-state index is -0.553. The predicted molar refractivity (Wildman–Crippen MR) is 103 cm³/mol. The zero-order valence-corrected chi connectivity index (χ0v) is 15.5. The highest BCUT2D eigenvalue weighted by Crippen LogP contribution is 2.32. The Morgan fingerprint density at radius 1 is 1.36 bits per heavy atom. The van der Waals surface area contributed by atoms with Crippen LogP contribution in [0.4, 0.5) is 0 Å². The molecule has 1 aromatic carbocycles. The lowest BCUT2D eigenvalue weighted by Crippen LogP contribution is -2.50. The Kier molecular flexibility index (Phi) is 5.81. The summed E-state index contributed by atoms with van der Waals surface area (Å²) in [7, 11) is 0. The molecule has 2 aromatic rings. The largest absolute Gasteiger partial charge is 0.331 e. The minimum absolute atomic E-state index is 0.00963. The van der Waals surface area contributed by atoms with E-state index in [0.717, 1.165) is 42.9 Å². The van der Waals surface area contributed by atoms with Gasteiger partial charge in [0.25, 0.3) is 0 Å². The summed E-state index contributed by atoms with van der Waals surface area (Å²) >= 11 is 4.19. The van der Waals surface area contributed by atoms with Crippen LogP contribution in [0.3, 0.4) is 0 Å². The number of amides is 1. The summed E-state index contributed by atoms with van der Waals surface area (Å²) in [5.74, 6) is 1.31. The Bertz CT molecular complexity index is 715. The van der Waals surface area contributed by atoms with Crippen molar-refractivity contribution in [1.29, 1.82) is 0 Å². The van der Waals surface area contributed by atoms with E-state index < -0.39 is 6.04 Å². The molecule has 5 nitrogen and oxygen atoms in total. The molecule has 0 saturated carbocycles. The molecule has 1 amide bonds.